The third kappa shape index (κ3) is 4.03. The number of carbonyl (C=O) groups is 1. The Morgan fingerprint density at radius 2 is 2.40 bits per heavy atom. The molecule has 0 aromatic carbocycles. The van der Waals surface area contributed by atoms with E-state index < -0.39 is 11.9 Å². The van der Waals surface area contributed by atoms with Crippen LogP contribution in [0.5, 0.6) is 0 Å². The number of nitrogens with zero attached hydrogens (tertiary/aromatic N) is 1. The van der Waals surface area contributed by atoms with Gasteiger partial charge in [-0.3, -0.25) is 9.78 Å². The van der Waals surface area contributed by atoms with Gasteiger partial charge in [-0.05, 0) is 19.4 Å². The van der Waals surface area contributed by atoms with Crippen LogP contribution < -0.4 is 5.32 Å². The first kappa shape index (κ1) is 11.6. The highest BCUT2D eigenvalue weighted by molar-refractivity contribution is 5.93. The van der Waals surface area contributed by atoms with E-state index in [9.17, 15) is 9.18 Å². The highest BCUT2D eigenvalue weighted by atomic mass is 19.1. The van der Waals surface area contributed by atoms with Gasteiger partial charge in [0, 0.05) is 12.7 Å². The van der Waals surface area contributed by atoms with E-state index in [1.54, 1.807) is 6.92 Å². The summed E-state index contributed by atoms with van der Waals surface area (Å²) in [6.45, 7) is 1.99. The van der Waals surface area contributed by atoms with E-state index in [-0.39, 0.29) is 11.5 Å². The molecule has 1 aromatic heterocycles. The van der Waals surface area contributed by atoms with Crippen molar-refractivity contribution in [2.24, 2.45) is 0 Å². The number of hydrogen-bond donors (Lipinski definition) is 2. The molecule has 1 rings (SSSR count). The van der Waals surface area contributed by atoms with Gasteiger partial charge in [0.2, 0.25) is 0 Å². The fraction of sp³-hybridized carbons (Fsp3) is 0.400. The van der Waals surface area contributed by atoms with Gasteiger partial charge in [0.15, 0.2) is 0 Å². The number of aliphatic hydroxyl groups is 1. The van der Waals surface area contributed by atoms with Gasteiger partial charge in [0.05, 0.1) is 17.9 Å². The molecule has 5 heteroatoms. The van der Waals surface area contributed by atoms with Crippen molar-refractivity contribution in [1.82, 2.24) is 10.3 Å². The van der Waals surface area contributed by atoms with Crippen LogP contribution in [-0.2, 0) is 0 Å². The Kier molecular flexibility index (Phi) is 4.17. The van der Waals surface area contributed by atoms with Crippen LogP contribution in [0.4, 0.5) is 4.39 Å². The van der Waals surface area contributed by atoms with Gasteiger partial charge in [-0.15, -0.1) is 0 Å². The summed E-state index contributed by atoms with van der Waals surface area (Å²) < 4.78 is 12.7. The third-order valence-electron chi connectivity index (χ3n) is 1.81. The van der Waals surface area contributed by atoms with Gasteiger partial charge < -0.3 is 10.4 Å². The molecular weight excluding hydrogens is 199 g/mol. The molecule has 82 valence electrons. The lowest BCUT2D eigenvalue weighted by molar-refractivity contribution is 0.0944. The second-order valence-corrected chi connectivity index (χ2v) is 3.29. The zero-order chi connectivity index (χ0) is 11.3. The van der Waals surface area contributed by atoms with Crippen LogP contribution in [0.3, 0.4) is 0 Å². The fourth-order valence-corrected chi connectivity index (χ4v) is 1.03. The van der Waals surface area contributed by atoms with Crippen molar-refractivity contribution >= 4 is 5.91 Å². The maximum atomic E-state index is 12.7. The van der Waals surface area contributed by atoms with E-state index in [0.717, 1.165) is 12.3 Å². The summed E-state index contributed by atoms with van der Waals surface area (Å²) in [5.74, 6) is -0.930. The number of rotatable bonds is 4. The Bertz CT molecular complexity index is 342. The van der Waals surface area contributed by atoms with E-state index in [2.05, 4.69) is 10.3 Å². The van der Waals surface area contributed by atoms with Gasteiger partial charge in [-0.2, -0.15) is 0 Å². The van der Waals surface area contributed by atoms with Crippen molar-refractivity contribution in [3.8, 4) is 0 Å². The molecule has 1 heterocycles. The second kappa shape index (κ2) is 5.41. The predicted octanol–water partition coefficient (Wildman–Crippen LogP) is 0.721. The molecule has 0 saturated carbocycles. The monoisotopic (exact) mass is 212 g/mol. The Morgan fingerprint density at radius 3 is 3.00 bits per heavy atom. The Hall–Kier alpha value is -1.49. The highest BCUT2D eigenvalue weighted by Crippen LogP contribution is 2.00. The van der Waals surface area contributed by atoms with E-state index >= 15 is 0 Å². The summed E-state index contributed by atoms with van der Waals surface area (Å²) in [6.07, 6.45) is 2.33. The number of carbonyl (C=O) groups excluding carboxylic acids is 1. The first-order valence-corrected chi connectivity index (χ1v) is 4.66. The van der Waals surface area contributed by atoms with Gasteiger partial charge in [0.25, 0.3) is 5.91 Å². The summed E-state index contributed by atoms with van der Waals surface area (Å²) in [5.41, 5.74) is 0.181. The van der Waals surface area contributed by atoms with Crippen LogP contribution >= 0.6 is 0 Å². The van der Waals surface area contributed by atoms with Crippen molar-refractivity contribution < 1.29 is 14.3 Å². The van der Waals surface area contributed by atoms with E-state index in [0.29, 0.717) is 13.0 Å². The minimum Gasteiger partial charge on any atom is -0.393 e. The van der Waals surface area contributed by atoms with Gasteiger partial charge in [-0.1, -0.05) is 0 Å². The van der Waals surface area contributed by atoms with Crippen LogP contribution in [-0.4, -0.2) is 28.6 Å². The summed E-state index contributed by atoms with van der Waals surface area (Å²) >= 11 is 0. The Balaban J connectivity index is 2.47. The van der Waals surface area contributed by atoms with Crippen molar-refractivity contribution in [2.75, 3.05) is 6.54 Å². The van der Waals surface area contributed by atoms with Crippen molar-refractivity contribution in [1.29, 1.82) is 0 Å². The molecule has 0 aliphatic carbocycles. The van der Waals surface area contributed by atoms with Crippen LogP contribution in [0.2, 0.25) is 0 Å². The zero-order valence-electron chi connectivity index (χ0n) is 8.40. The van der Waals surface area contributed by atoms with Crippen LogP contribution in [0.1, 0.15) is 23.7 Å². The number of aliphatic hydroxyl groups excluding tert-OH is 1. The zero-order valence-corrected chi connectivity index (χ0v) is 8.40. The minimum absolute atomic E-state index is 0.181. The lowest BCUT2D eigenvalue weighted by atomic mass is 10.2. The molecular formula is C10H13FN2O2. The van der Waals surface area contributed by atoms with Crippen LogP contribution in [0.15, 0.2) is 18.5 Å². The highest BCUT2D eigenvalue weighted by Gasteiger charge is 2.06. The van der Waals surface area contributed by atoms with E-state index in [4.69, 9.17) is 5.11 Å². The maximum absolute atomic E-state index is 12.7. The van der Waals surface area contributed by atoms with Crippen molar-refractivity contribution in [3.63, 3.8) is 0 Å². The van der Waals surface area contributed by atoms with Gasteiger partial charge in [0.1, 0.15) is 5.82 Å². The van der Waals surface area contributed by atoms with Gasteiger partial charge in [-0.25, -0.2) is 4.39 Å². The average Bonchev–Trinajstić information content (AvgIpc) is 2.17. The molecule has 1 atom stereocenters. The molecule has 0 aliphatic rings. The molecule has 4 nitrogen and oxygen atoms in total. The molecule has 0 radical (unpaired) electrons. The smallest absolute Gasteiger partial charge is 0.252 e. The molecule has 1 amide bonds. The molecule has 1 unspecified atom stereocenters. The fourth-order valence-electron chi connectivity index (χ4n) is 1.03. The normalized spacial score (nSPS) is 12.2. The lowest BCUT2D eigenvalue weighted by Gasteiger charge is -2.06. The Morgan fingerprint density at radius 1 is 1.67 bits per heavy atom. The molecule has 15 heavy (non-hydrogen) atoms. The maximum Gasteiger partial charge on any atom is 0.252 e. The number of hydrogen-bond acceptors (Lipinski definition) is 3. The third-order valence-corrected chi connectivity index (χ3v) is 1.81. The summed E-state index contributed by atoms with van der Waals surface area (Å²) in [5, 5.41) is 11.5. The number of pyridine rings is 1. The first-order valence-electron chi connectivity index (χ1n) is 4.66. The standard InChI is InChI=1S/C10H13FN2O2/c1-7(14)2-3-13-10(15)8-4-9(11)6-12-5-8/h4-7,14H,2-3H2,1H3,(H,13,15). The average molecular weight is 212 g/mol. The molecule has 0 spiro atoms. The predicted molar refractivity (Wildman–Crippen MR) is 52.8 cm³/mol. The number of nitrogens with one attached hydrogen (secondary N) is 1. The second-order valence-electron chi connectivity index (χ2n) is 3.29. The van der Waals surface area contributed by atoms with Crippen molar-refractivity contribution in [2.45, 2.75) is 19.4 Å². The molecule has 0 fully saturated rings. The largest absolute Gasteiger partial charge is 0.393 e. The van der Waals surface area contributed by atoms with Gasteiger partial charge >= 0.3 is 0 Å². The van der Waals surface area contributed by atoms with E-state index in [1.165, 1.54) is 6.20 Å². The van der Waals surface area contributed by atoms with Crippen LogP contribution in [0.25, 0.3) is 0 Å². The van der Waals surface area contributed by atoms with E-state index in [1.807, 2.05) is 0 Å². The summed E-state index contributed by atoms with van der Waals surface area (Å²) in [4.78, 5) is 14.9. The Labute approximate surface area is 87.1 Å². The molecule has 0 bridgehead atoms. The topological polar surface area (TPSA) is 62.2 Å². The first-order chi connectivity index (χ1) is 7.09. The summed E-state index contributed by atoms with van der Waals surface area (Å²) in [6, 6.07) is 1.12. The molecule has 1 aromatic rings. The quantitative estimate of drug-likeness (QED) is 0.773. The molecule has 2 N–H and O–H groups in total. The number of amides is 1. The SMILES string of the molecule is CC(O)CCNC(=O)c1cncc(F)c1. The number of halogens is 1. The number of aromatic nitrogens is 1. The lowest BCUT2D eigenvalue weighted by Crippen LogP contribution is -2.26. The molecule has 0 saturated heterocycles. The van der Waals surface area contributed by atoms with Crippen molar-refractivity contribution in [3.05, 3.63) is 29.8 Å². The van der Waals surface area contributed by atoms with Crippen LogP contribution in [0, 0.1) is 5.82 Å². The minimum atomic E-state index is -0.543. The molecule has 0 aliphatic heterocycles. The summed E-state index contributed by atoms with van der Waals surface area (Å²) in [7, 11) is 0.